The number of rotatable bonds is 2. The van der Waals surface area contributed by atoms with Gasteiger partial charge in [-0.2, -0.15) is 0 Å². The summed E-state index contributed by atoms with van der Waals surface area (Å²) in [6.45, 7) is 4.99. The predicted octanol–water partition coefficient (Wildman–Crippen LogP) is 3.61. The van der Waals surface area contributed by atoms with Crippen molar-refractivity contribution in [2.45, 2.75) is 0 Å². The van der Waals surface area contributed by atoms with Gasteiger partial charge >= 0.3 is 0 Å². The van der Waals surface area contributed by atoms with Crippen molar-refractivity contribution in [1.29, 1.82) is 0 Å². The molecule has 31 heavy (non-hydrogen) atoms. The highest BCUT2D eigenvalue weighted by molar-refractivity contribution is 5.85. The third-order valence-corrected chi connectivity index (χ3v) is 5.74. The van der Waals surface area contributed by atoms with Gasteiger partial charge in [-0.3, -0.25) is 14.7 Å². The van der Waals surface area contributed by atoms with Gasteiger partial charge in [0, 0.05) is 49.4 Å². The van der Waals surface area contributed by atoms with Gasteiger partial charge < -0.3 is 9.32 Å². The predicted molar refractivity (Wildman–Crippen MR) is 124 cm³/mol. The van der Waals surface area contributed by atoms with Crippen LogP contribution in [0.2, 0.25) is 0 Å². The first-order chi connectivity index (χ1) is 15.2. The zero-order chi connectivity index (χ0) is 21.2. The molecule has 1 saturated heterocycles. The lowest BCUT2D eigenvalue weighted by atomic mass is 10.1. The van der Waals surface area contributed by atoms with Crippen molar-refractivity contribution < 1.29 is 4.42 Å². The second-order valence-corrected chi connectivity index (χ2v) is 7.98. The number of nitrogens with zero attached hydrogens (tertiary/aromatic N) is 3. The molecule has 5 heteroatoms. The minimum Gasteiger partial charge on any atom is -0.454 e. The monoisotopic (exact) mass is 409 g/mol. The van der Waals surface area contributed by atoms with Gasteiger partial charge in [-0.1, -0.05) is 36.1 Å². The Hall–Kier alpha value is -3.46. The van der Waals surface area contributed by atoms with E-state index in [-0.39, 0.29) is 5.43 Å². The number of hydrogen-bond acceptors (Lipinski definition) is 5. The van der Waals surface area contributed by atoms with Crippen molar-refractivity contribution >= 4 is 21.7 Å². The Labute approximate surface area is 180 Å². The van der Waals surface area contributed by atoms with E-state index in [1.54, 1.807) is 12.3 Å². The molecule has 0 atom stereocenters. The molecule has 3 heterocycles. The van der Waals surface area contributed by atoms with Crippen molar-refractivity contribution in [3.05, 3.63) is 76.6 Å². The molecule has 1 aliphatic rings. The van der Waals surface area contributed by atoms with Gasteiger partial charge in [0.25, 0.3) is 0 Å². The lowest BCUT2D eigenvalue weighted by molar-refractivity contribution is 0.168. The van der Waals surface area contributed by atoms with E-state index in [4.69, 9.17) is 4.42 Å². The van der Waals surface area contributed by atoms with Gasteiger partial charge in [0.2, 0.25) is 0 Å². The van der Waals surface area contributed by atoms with Crippen LogP contribution < -0.4 is 5.43 Å². The third kappa shape index (κ3) is 4.22. The molecular weight excluding hydrogens is 386 g/mol. The van der Waals surface area contributed by atoms with E-state index in [9.17, 15) is 4.79 Å². The molecule has 0 saturated carbocycles. The number of piperazine rings is 1. The standard InChI is InChI=1S/C26H23N3O2/c1-28-11-13-29(14-12-28)10-4-5-19-8-9-22-24(30)17-26(31-25(22)15-19)23-16-20-6-2-3-7-21(20)18-27-23/h2-3,6-9,15-18H,10-14H2,1H3. The fourth-order valence-corrected chi connectivity index (χ4v) is 3.84. The lowest BCUT2D eigenvalue weighted by Crippen LogP contribution is -2.44. The topological polar surface area (TPSA) is 49.6 Å². The highest BCUT2D eigenvalue weighted by Crippen LogP contribution is 2.24. The number of pyridine rings is 1. The molecule has 5 rings (SSSR count). The van der Waals surface area contributed by atoms with Gasteiger partial charge in [-0.15, -0.1) is 0 Å². The largest absolute Gasteiger partial charge is 0.454 e. The van der Waals surface area contributed by atoms with E-state index in [0.717, 1.165) is 49.1 Å². The van der Waals surface area contributed by atoms with Gasteiger partial charge in [0.15, 0.2) is 11.2 Å². The molecular formula is C26H23N3O2. The minimum absolute atomic E-state index is 0.0804. The Balaban J connectivity index is 1.44. The normalized spacial score (nSPS) is 15.1. The van der Waals surface area contributed by atoms with Crippen LogP contribution in [0.1, 0.15) is 5.56 Å². The highest BCUT2D eigenvalue weighted by Gasteiger charge is 2.12. The summed E-state index contributed by atoms with van der Waals surface area (Å²) in [4.78, 5) is 21.8. The van der Waals surface area contributed by atoms with Gasteiger partial charge in [-0.05, 0) is 36.7 Å². The second kappa shape index (κ2) is 8.35. The van der Waals surface area contributed by atoms with Crippen LogP contribution in [0.15, 0.2) is 70.0 Å². The van der Waals surface area contributed by atoms with Crippen LogP contribution >= 0.6 is 0 Å². The fraction of sp³-hybridized carbons (Fsp3) is 0.231. The molecule has 5 nitrogen and oxygen atoms in total. The van der Waals surface area contributed by atoms with Crippen LogP contribution in [0.25, 0.3) is 33.2 Å². The van der Waals surface area contributed by atoms with Crippen LogP contribution in [0.3, 0.4) is 0 Å². The fourth-order valence-electron chi connectivity index (χ4n) is 3.84. The van der Waals surface area contributed by atoms with Crippen molar-refractivity contribution in [3.8, 4) is 23.3 Å². The Morgan fingerprint density at radius 3 is 2.65 bits per heavy atom. The molecule has 0 aliphatic carbocycles. The molecule has 0 unspecified atom stereocenters. The smallest absolute Gasteiger partial charge is 0.193 e. The van der Waals surface area contributed by atoms with Crippen molar-refractivity contribution in [1.82, 2.24) is 14.8 Å². The number of fused-ring (bicyclic) bond motifs is 2. The van der Waals surface area contributed by atoms with Crippen LogP contribution in [0, 0.1) is 11.8 Å². The first-order valence-corrected chi connectivity index (χ1v) is 10.5. The van der Waals surface area contributed by atoms with Crippen molar-refractivity contribution in [2.75, 3.05) is 39.8 Å². The molecule has 1 fully saturated rings. The van der Waals surface area contributed by atoms with E-state index in [1.807, 2.05) is 42.5 Å². The molecule has 0 N–H and O–H groups in total. The number of likely N-dealkylation sites (N-methyl/N-ethyl adjacent to an activating group) is 1. The first-order valence-electron chi connectivity index (χ1n) is 10.5. The van der Waals surface area contributed by atoms with E-state index in [1.165, 1.54) is 6.07 Å². The van der Waals surface area contributed by atoms with Crippen LogP contribution in [0.5, 0.6) is 0 Å². The number of aromatic nitrogens is 1. The first kappa shape index (κ1) is 19.5. The van der Waals surface area contributed by atoms with Gasteiger partial charge in [-0.25, -0.2) is 0 Å². The average Bonchev–Trinajstić information content (AvgIpc) is 2.80. The maximum Gasteiger partial charge on any atom is 0.193 e. The maximum atomic E-state index is 12.7. The summed E-state index contributed by atoms with van der Waals surface area (Å²) in [7, 11) is 2.15. The summed E-state index contributed by atoms with van der Waals surface area (Å²) in [6, 6.07) is 17.0. The van der Waals surface area contributed by atoms with E-state index < -0.39 is 0 Å². The summed E-state index contributed by atoms with van der Waals surface area (Å²) in [5.41, 5.74) is 1.93. The van der Waals surface area contributed by atoms with Gasteiger partial charge in [0.05, 0.1) is 11.9 Å². The van der Waals surface area contributed by atoms with E-state index in [0.29, 0.717) is 22.4 Å². The highest BCUT2D eigenvalue weighted by atomic mass is 16.3. The van der Waals surface area contributed by atoms with E-state index in [2.05, 4.69) is 33.7 Å². The van der Waals surface area contributed by atoms with Crippen molar-refractivity contribution in [3.63, 3.8) is 0 Å². The molecule has 1 aliphatic heterocycles. The number of hydrogen-bond donors (Lipinski definition) is 0. The molecule has 154 valence electrons. The Morgan fingerprint density at radius 1 is 1.00 bits per heavy atom. The molecule has 4 aromatic rings. The quantitative estimate of drug-likeness (QED) is 0.474. The van der Waals surface area contributed by atoms with Gasteiger partial charge in [0.1, 0.15) is 11.3 Å². The summed E-state index contributed by atoms with van der Waals surface area (Å²) in [5, 5.41) is 2.65. The molecule has 0 radical (unpaired) electrons. The van der Waals surface area contributed by atoms with E-state index >= 15 is 0 Å². The molecule has 0 amide bonds. The average molecular weight is 409 g/mol. The third-order valence-electron chi connectivity index (χ3n) is 5.74. The lowest BCUT2D eigenvalue weighted by Gasteiger charge is -2.30. The molecule has 2 aromatic carbocycles. The van der Waals surface area contributed by atoms with Crippen molar-refractivity contribution in [2.24, 2.45) is 0 Å². The SMILES string of the molecule is CN1CCN(CC#Cc2ccc3c(=O)cc(-c4cc5ccccc5cn4)oc3c2)CC1. The maximum absolute atomic E-state index is 12.7. The Morgan fingerprint density at radius 2 is 1.81 bits per heavy atom. The minimum atomic E-state index is -0.0804. The molecule has 0 spiro atoms. The molecule has 0 bridgehead atoms. The second-order valence-electron chi connectivity index (χ2n) is 7.98. The van der Waals surface area contributed by atoms with Crippen LogP contribution in [-0.4, -0.2) is 54.6 Å². The zero-order valence-electron chi connectivity index (χ0n) is 17.5. The summed E-state index contributed by atoms with van der Waals surface area (Å²) >= 11 is 0. The summed E-state index contributed by atoms with van der Waals surface area (Å²) < 4.78 is 6.08. The zero-order valence-corrected chi connectivity index (χ0v) is 17.5. The summed E-state index contributed by atoms with van der Waals surface area (Å²) in [6.07, 6.45) is 1.80. The Bertz CT molecular complexity index is 1370. The van der Waals surface area contributed by atoms with Crippen LogP contribution in [-0.2, 0) is 0 Å². The molecule has 2 aromatic heterocycles. The number of benzene rings is 2. The Kier molecular flexibility index (Phi) is 5.25. The van der Waals surface area contributed by atoms with Crippen LogP contribution in [0.4, 0.5) is 0 Å². The summed E-state index contributed by atoms with van der Waals surface area (Å²) in [5.74, 6) is 6.94.